The van der Waals surface area contributed by atoms with Crippen LogP contribution in [0.1, 0.15) is 0 Å². The third kappa shape index (κ3) is 2.70. The van der Waals surface area contributed by atoms with Gasteiger partial charge in [-0.3, -0.25) is 0 Å². The van der Waals surface area contributed by atoms with E-state index in [1.165, 1.54) is 0 Å². The van der Waals surface area contributed by atoms with Crippen LogP contribution in [0.4, 0.5) is 21.8 Å². The molecule has 4 nitrogen and oxygen atoms in total. The van der Waals surface area contributed by atoms with E-state index in [1.54, 1.807) is 18.8 Å². The van der Waals surface area contributed by atoms with Crippen molar-refractivity contribution in [1.82, 2.24) is 9.97 Å². The quantitative estimate of drug-likeness (QED) is 0.831. The van der Waals surface area contributed by atoms with Crippen LogP contribution in [0.15, 0.2) is 35.4 Å². The molecule has 0 aliphatic carbocycles. The average molecular weight is 264 g/mol. The maximum atomic E-state index is 13.6. The highest BCUT2D eigenvalue weighted by molar-refractivity contribution is 7.98. The molecule has 0 bridgehead atoms. The molecule has 0 fully saturated rings. The summed E-state index contributed by atoms with van der Waals surface area (Å²) < 4.78 is 13.6. The Labute approximate surface area is 109 Å². The molecule has 2 aromatic rings. The van der Waals surface area contributed by atoms with E-state index in [1.807, 2.05) is 30.5 Å². The Morgan fingerprint density at radius 1 is 1.28 bits per heavy atom. The molecule has 18 heavy (non-hydrogen) atoms. The molecule has 0 aliphatic rings. The molecule has 94 valence electrons. The first-order chi connectivity index (χ1) is 8.74. The highest BCUT2D eigenvalue weighted by atomic mass is 32.2. The van der Waals surface area contributed by atoms with Gasteiger partial charge in [0, 0.05) is 11.9 Å². The van der Waals surface area contributed by atoms with Gasteiger partial charge in [-0.1, -0.05) is 12.1 Å². The van der Waals surface area contributed by atoms with E-state index in [4.69, 9.17) is 0 Å². The summed E-state index contributed by atoms with van der Waals surface area (Å²) in [5.41, 5.74) is 0.824. The standard InChI is InChI=1S/C12H13FN4S/c1-14-12-15-7-8(13)11(17-12)16-9-5-3-4-6-10(9)18-2/h3-7H,1-2H3,(H2,14,15,16,17). The van der Waals surface area contributed by atoms with Gasteiger partial charge in [0.05, 0.1) is 11.9 Å². The van der Waals surface area contributed by atoms with E-state index in [9.17, 15) is 4.39 Å². The molecule has 0 unspecified atom stereocenters. The number of thioether (sulfide) groups is 1. The van der Waals surface area contributed by atoms with E-state index >= 15 is 0 Å². The number of nitrogens with one attached hydrogen (secondary N) is 2. The largest absolute Gasteiger partial charge is 0.357 e. The summed E-state index contributed by atoms with van der Waals surface area (Å²) in [5, 5.41) is 5.75. The van der Waals surface area contributed by atoms with Gasteiger partial charge in [0.25, 0.3) is 0 Å². The molecular weight excluding hydrogens is 251 g/mol. The molecule has 1 aromatic heterocycles. The maximum Gasteiger partial charge on any atom is 0.224 e. The second kappa shape index (κ2) is 5.68. The van der Waals surface area contributed by atoms with Gasteiger partial charge in [0.15, 0.2) is 11.6 Å². The number of hydrogen-bond acceptors (Lipinski definition) is 5. The fourth-order valence-corrected chi connectivity index (χ4v) is 2.00. The number of aromatic nitrogens is 2. The molecule has 0 aliphatic heterocycles. The molecule has 1 heterocycles. The summed E-state index contributed by atoms with van der Waals surface area (Å²) >= 11 is 1.59. The first-order valence-corrected chi connectivity index (χ1v) is 6.57. The number of nitrogens with zero attached hydrogens (tertiary/aromatic N) is 2. The summed E-state index contributed by atoms with van der Waals surface area (Å²) in [6.07, 6.45) is 3.11. The average Bonchev–Trinajstić information content (AvgIpc) is 2.42. The van der Waals surface area contributed by atoms with Crippen molar-refractivity contribution in [3.05, 3.63) is 36.3 Å². The van der Waals surface area contributed by atoms with Gasteiger partial charge in [-0.05, 0) is 18.4 Å². The van der Waals surface area contributed by atoms with Crippen LogP contribution >= 0.6 is 11.8 Å². The fourth-order valence-electron chi connectivity index (χ4n) is 1.45. The van der Waals surface area contributed by atoms with Crippen molar-refractivity contribution in [3.8, 4) is 0 Å². The van der Waals surface area contributed by atoms with Crippen molar-refractivity contribution in [2.24, 2.45) is 0 Å². The fraction of sp³-hybridized carbons (Fsp3) is 0.167. The number of anilines is 3. The lowest BCUT2D eigenvalue weighted by molar-refractivity contribution is 0.619. The molecule has 0 saturated heterocycles. The molecule has 0 spiro atoms. The summed E-state index contributed by atoms with van der Waals surface area (Å²) in [5.74, 6) is 0.0567. The molecule has 6 heteroatoms. The van der Waals surface area contributed by atoms with Crippen LogP contribution in [0.5, 0.6) is 0 Å². The van der Waals surface area contributed by atoms with E-state index in [-0.39, 0.29) is 5.82 Å². The monoisotopic (exact) mass is 264 g/mol. The minimum Gasteiger partial charge on any atom is -0.357 e. The topological polar surface area (TPSA) is 49.8 Å². The first kappa shape index (κ1) is 12.6. The van der Waals surface area contributed by atoms with Crippen LogP contribution in [0.3, 0.4) is 0 Å². The zero-order valence-electron chi connectivity index (χ0n) is 10.1. The highest BCUT2D eigenvalue weighted by Gasteiger charge is 2.08. The molecule has 1 aromatic carbocycles. The van der Waals surface area contributed by atoms with Gasteiger partial charge < -0.3 is 10.6 Å². The van der Waals surface area contributed by atoms with Crippen LogP contribution < -0.4 is 10.6 Å². The Hall–Kier alpha value is -1.82. The third-order valence-corrected chi connectivity index (χ3v) is 3.12. The summed E-state index contributed by atoms with van der Waals surface area (Å²) in [7, 11) is 1.69. The van der Waals surface area contributed by atoms with Crippen LogP contribution in [0.25, 0.3) is 0 Å². The number of hydrogen-bond donors (Lipinski definition) is 2. The molecule has 0 atom stereocenters. The van der Waals surface area contributed by atoms with Gasteiger partial charge >= 0.3 is 0 Å². The van der Waals surface area contributed by atoms with Crippen LogP contribution in [-0.2, 0) is 0 Å². The number of halogens is 1. The Morgan fingerprint density at radius 3 is 2.78 bits per heavy atom. The minimum absolute atomic E-state index is 0.163. The molecule has 0 radical (unpaired) electrons. The number of benzene rings is 1. The van der Waals surface area contributed by atoms with Crippen molar-refractivity contribution >= 4 is 29.2 Å². The number of rotatable bonds is 4. The second-order valence-electron chi connectivity index (χ2n) is 3.47. The SMILES string of the molecule is CNc1ncc(F)c(Nc2ccccc2SC)n1. The van der Waals surface area contributed by atoms with Crippen LogP contribution in [0, 0.1) is 5.82 Å². The summed E-state index contributed by atoms with van der Waals surface area (Å²) in [6.45, 7) is 0. The third-order valence-electron chi connectivity index (χ3n) is 2.33. The van der Waals surface area contributed by atoms with Gasteiger partial charge in [0.2, 0.25) is 5.95 Å². The van der Waals surface area contributed by atoms with E-state index in [0.29, 0.717) is 5.95 Å². The normalized spacial score (nSPS) is 10.2. The van der Waals surface area contributed by atoms with Crippen molar-refractivity contribution in [2.75, 3.05) is 23.9 Å². The van der Waals surface area contributed by atoms with E-state index in [0.717, 1.165) is 16.8 Å². The summed E-state index contributed by atoms with van der Waals surface area (Å²) in [6, 6.07) is 7.67. The molecular formula is C12H13FN4S. The lowest BCUT2D eigenvalue weighted by Crippen LogP contribution is -2.03. The van der Waals surface area contributed by atoms with Crippen molar-refractivity contribution < 1.29 is 4.39 Å². The van der Waals surface area contributed by atoms with E-state index in [2.05, 4.69) is 20.6 Å². The lowest BCUT2D eigenvalue weighted by Gasteiger charge is -2.10. The van der Waals surface area contributed by atoms with Gasteiger partial charge in [-0.15, -0.1) is 11.8 Å². The highest BCUT2D eigenvalue weighted by Crippen LogP contribution is 2.28. The molecule has 2 rings (SSSR count). The lowest BCUT2D eigenvalue weighted by atomic mass is 10.3. The predicted octanol–water partition coefficient (Wildman–Crippen LogP) is 3.12. The zero-order valence-corrected chi connectivity index (χ0v) is 10.9. The van der Waals surface area contributed by atoms with Crippen LogP contribution in [-0.4, -0.2) is 23.3 Å². The molecule has 2 N–H and O–H groups in total. The Bertz CT molecular complexity index is 547. The van der Waals surface area contributed by atoms with Crippen molar-refractivity contribution in [1.29, 1.82) is 0 Å². The van der Waals surface area contributed by atoms with Crippen molar-refractivity contribution in [3.63, 3.8) is 0 Å². The Balaban J connectivity index is 2.33. The first-order valence-electron chi connectivity index (χ1n) is 5.35. The molecule has 0 amide bonds. The van der Waals surface area contributed by atoms with Gasteiger partial charge in [-0.2, -0.15) is 4.98 Å². The van der Waals surface area contributed by atoms with Crippen molar-refractivity contribution in [2.45, 2.75) is 4.90 Å². The Kier molecular flexibility index (Phi) is 3.99. The summed E-state index contributed by atoms with van der Waals surface area (Å²) in [4.78, 5) is 8.87. The zero-order chi connectivity index (χ0) is 13.0. The minimum atomic E-state index is -0.482. The molecule has 0 saturated carbocycles. The maximum absolute atomic E-state index is 13.6. The van der Waals surface area contributed by atoms with E-state index < -0.39 is 5.82 Å². The predicted molar refractivity (Wildman–Crippen MR) is 73.0 cm³/mol. The second-order valence-corrected chi connectivity index (χ2v) is 4.31. The van der Waals surface area contributed by atoms with Crippen LogP contribution in [0.2, 0.25) is 0 Å². The van der Waals surface area contributed by atoms with Gasteiger partial charge in [0.1, 0.15) is 0 Å². The van der Waals surface area contributed by atoms with Gasteiger partial charge in [-0.25, -0.2) is 9.37 Å². The smallest absolute Gasteiger partial charge is 0.224 e. The number of para-hydroxylation sites is 1. The Morgan fingerprint density at radius 2 is 2.06 bits per heavy atom.